The van der Waals surface area contributed by atoms with E-state index < -0.39 is 0 Å². The largest absolute Gasteiger partial charge is 0.483 e. The second-order valence-electron chi connectivity index (χ2n) is 6.41. The summed E-state index contributed by atoms with van der Waals surface area (Å²) < 4.78 is 11.3. The van der Waals surface area contributed by atoms with Gasteiger partial charge in [0, 0.05) is 6.07 Å². The van der Waals surface area contributed by atoms with Gasteiger partial charge >= 0.3 is 0 Å². The lowest BCUT2D eigenvalue weighted by Crippen LogP contribution is -2.20. The lowest BCUT2D eigenvalue weighted by Gasteiger charge is -2.10. The molecule has 2 aromatic carbocycles. The van der Waals surface area contributed by atoms with Gasteiger partial charge in [-0.1, -0.05) is 29.8 Å². The molecule has 0 unspecified atom stereocenters. The molecule has 1 N–H and O–H groups in total. The van der Waals surface area contributed by atoms with E-state index in [9.17, 15) is 4.79 Å². The number of pyridine rings is 1. The smallest absolute Gasteiger partial charge is 0.262 e. The van der Waals surface area contributed by atoms with Gasteiger partial charge in [-0.15, -0.1) is 0 Å². The summed E-state index contributed by atoms with van der Waals surface area (Å²) in [6, 6.07) is 17.1. The van der Waals surface area contributed by atoms with Crippen LogP contribution < -0.4 is 14.8 Å². The third-order valence-electron chi connectivity index (χ3n) is 3.97. The average molecular weight is 362 g/mol. The molecule has 0 saturated heterocycles. The molecular formula is C22H22N2O3. The first kappa shape index (κ1) is 18.5. The van der Waals surface area contributed by atoms with Crippen LogP contribution in [0.4, 0.5) is 5.69 Å². The molecular weight excluding hydrogens is 340 g/mol. The number of nitrogens with one attached hydrogen (secondary N) is 1. The van der Waals surface area contributed by atoms with Crippen LogP contribution in [0.5, 0.6) is 17.4 Å². The van der Waals surface area contributed by atoms with Crippen LogP contribution in [0.25, 0.3) is 0 Å². The number of nitrogens with zero attached hydrogens (tertiary/aromatic N) is 1. The van der Waals surface area contributed by atoms with Crippen molar-refractivity contribution in [3.8, 4) is 17.4 Å². The van der Waals surface area contributed by atoms with Crippen molar-refractivity contribution in [3.05, 3.63) is 77.5 Å². The van der Waals surface area contributed by atoms with Gasteiger partial charge in [-0.25, -0.2) is 4.98 Å². The molecule has 0 fully saturated rings. The Labute approximate surface area is 159 Å². The average Bonchev–Trinajstić information content (AvgIpc) is 2.66. The number of carbonyl (C=O) groups is 1. The Morgan fingerprint density at radius 1 is 0.963 bits per heavy atom. The number of benzene rings is 2. The fourth-order valence-electron chi connectivity index (χ4n) is 2.44. The molecule has 0 aliphatic carbocycles. The quantitative estimate of drug-likeness (QED) is 0.683. The number of carbonyl (C=O) groups excluding carboxylic acids is 1. The van der Waals surface area contributed by atoms with Crippen molar-refractivity contribution in [1.82, 2.24) is 4.98 Å². The number of amides is 1. The number of rotatable bonds is 6. The van der Waals surface area contributed by atoms with E-state index in [1.807, 2.05) is 63.2 Å². The second-order valence-corrected chi connectivity index (χ2v) is 6.41. The molecule has 0 aliphatic heterocycles. The van der Waals surface area contributed by atoms with Crippen molar-refractivity contribution in [2.24, 2.45) is 0 Å². The van der Waals surface area contributed by atoms with Crippen LogP contribution in [0.2, 0.25) is 0 Å². The maximum absolute atomic E-state index is 12.1. The zero-order valence-electron chi connectivity index (χ0n) is 15.7. The van der Waals surface area contributed by atoms with Crippen LogP contribution in [-0.4, -0.2) is 17.5 Å². The van der Waals surface area contributed by atoms with E-state index in [-0.39, 0.29) is 12.5 Å². The van der Waals surface area contributed by atoms with Crippen molar-refractivity contribution in [2.75, 3.05) is 11.9 Å². The van der Waals surface area contributed by atoms with E-state index in [0.29, 0.717) is 23.1 Å². The van der Waals surface area contributed by atoms with Gasteiger partial charge < -0.3 is 14.8 Å². The standard InChI is InChI=1S/C22H22N2O3/c1-15-5-9-19(10-6-15)27-22-11-8-18(13-23-22)24-21(25)14-26-20-12-16(2)4-7-17(20)3/h4-13H,14H2,1-3H3,(H,24,25). The second kappa shape index (κ2) is 8.36. The first-order chi connectivity index (χ1) is 13.0. The van der Waals surface area contributed by atoms with Crippen LogP contribution in [0.3, 0.4) is 0 Å². The summed E-state index contributed by atoms with van der Waals surface area (Å²) in [5.74, 6) is 1.64. The van der Waals surface area contributed by atoms with Gasteiger partial charge in [0.15, 0.2) is 6.61 Å². The topological polar surface area (TPSA) is 60.5 Å². The van der Waals surface area contributed by atoms with Crippen molar-refractivity contribution in [3.63, 3.8) is 0 Å². The minimum absolute atomic E-state index is 0.0636. The maximum atomic E-state index is 12.1. The van der Waals surface area contributed by atoms with Gasteiger partial charge in [-0.3, -0.25) is 4.79 Å². The summed E-state index contributed by atoms with van der Waals surface area (Å²) in [7, 11) is 0. The Bertz CT molecular complexity index is 919. The first-order valence-electron chi connectivity index (χ1n) is 8.70. The van der Waals surface area contributed by atoms with Gasteiger partial charge in [0.25, 0.3) is 5.91 Å². The summed E-state index contributed by atoms with van der Waals surface area (Å²) >= 11 is 0. The molecule has 0 bridgehead atoms. The van der Waals surface area contributed by atoms with Gasteiger partial charge in [-0.05, 0) is 56.2 Å². The number of aryl methyl sites for hydroxylation is 3. The van der Waals surface area contributed by atoms with E-state index in [4.69, 9.17) is 9.47 Å². The fourth-order valence-corrected chi connectivity index (χ4v) is 2.44. The normalized spacial score (nSPS) is 10.3. The van der Waals surface area contributed by atoms with Crippen molar-refractivity contribution < 1.29 is 14.3 Å². The summed E-state index contributed by atoms with van der Waals surface area (Å²) in [4.78, 5) is 16.3. The fraction of sp³-hybridized carbons (Fsp3) is 0.182. The number of hydrogen-bond acceptors (Lipinski definition) is 4. The molecule has 0 atom stereocenters. The monoisotopic (exact) mass is 362 g/mol. The predicted molar refractivity (Wildman–Crippen MR) is 106 cm³/mol. The minimum atomic E-state index is -0.245. The molecule has 5 nitrogen and oxygen atoms in total. The SMILES string of the molecule is Cc1ccc(Oc2ccc(NC(=O)COc3cc(C)ccc3C)cn2)cc1. The highest BCUT2D eigenvalue weighted by Crippen LogP contribution is 2.21. The van der Waals surface area contributed by atoms with Gasteiger partial charge in [0.2, 0.25) is 5.88 Å². The molecule has 138 valence electrons. The number of aromatic nitrogens is 1. The van der Waals surface area contributed by atoms with Crippen LogP contribution >= 0.6 is 0 Å². The molecule has 0 spiro atoms. The molecule has 27 heavy (non-hydrogen) atoms. The molecule has 0 radical (unpaired) electrons. The summed E-state index contributed by atoms with van der Waals surface area (Å²) in [6.45, 7) is 5.89. The van der Waals surface area contributed by atoms with Gasteiger partial charge in [0.1, 0.15) is 11.5 Å². The Kier molecular flexibility index (Phi) is 5.71. The van der Waals surface area contributed by atoms with Gasteiger partial charge in [0.05, 0.1) is 11.9 Å². The lowest BCUT2D eigenvalue weighted by molar-refractivity contribution is -0.118. The number of ether oxygens (including phenoxy) is 2. The molecule has 1 heterocycles. The van der Waals surface area contributed by atoms with E-state index in [2.05, 4.69) is 10.3 Å². The number of anilines is 1. The third-order valence-corrected chi connectivity index (χ3v) is 3.97. The Morgan fingerprint density at radius 3 is 2.41 bits per heavy atom. The van der Waals surface area contributed by atoms with E-state index in [0.717, 1.165) is 16.7 Å². The number of hydrogen-bond donors (Lipinski definition) is 1. The lowest BCUT2D eigenvalue weighted by atomic mass is 10.1. The molecule has 3 aromatic rings. The summed E-state index contributed by atoms with van der Waals surface area (Å²) in [5, 5.41) is 2.76. The molecule has 1 amide bonds. The summed E-state index contributed by atoms with van der Waals surface area (Å²) in [6.07, 6.45) is 1.55. The molecule has 0 saturated carbocycles. The maximum Gasteiger partial charge on any atom is 0.262 e. The van der Waals surface area contributed by atoms with E-state index in [1.54, 1.807) is 18.3 Å². The highest BCUT2D eigenvalue weighted by Gasteiger charge is 2.07. The molecule has 0 aliphatic rings. The van der Waals surface area contributed by atoms with Crippen molar-refractivity contribution in [1.29, 1.82) is 0 Å². The van der Waals surface area contributed by atoms with Crippen LogP contribution in [-0.2, 0) is 4.79 Å². The van der Waals surface area contributed by atoms with Crippen LogP contribution in [0.15, 0.2) is 60.8 Å². The molecule has 1 aromatic heterocycles. The van der Waals surface area contributed by atoms with Gasteiger partial charge in [-0.2, -0.15) is 0 Å². The zero-order chi connectivity index (χ0) is 19.2. The predicted octanol–water partition coefficient (Wildman–Crippen LogP) is 4.82. The first-order valence-corrected chi connectivity index (χ1v) is 8.70. The highest BCUT2D eigenvalue weighted by molar-refractivity contribution is 5.91. The van der Waals surface area contributed by atoms with Crippen molar-refractivity contribution in [2.45, 2.75) is 20.8 Å². The molecule has 3 rings (SSSR count). The highest BCUT2D eigenvalue weighted by atomic mass is 16.5. The van der Waals surface area contributed by atoms with Crippen LogP contribution in [0, 0.1) is 20.8 Å². The zero-order valence-corrected chi connectivity index (χ0v) is 15.7. The van der Waals surface area contributed by atoms with E-state index in [1.165, 1.54) is 0 Å². The third kappa shape index (κ3) is 5.31. The Hall–Kier alpha value is -3.34. The molecule has 5 heteroatoms. The Balaban J connectivity index is 1.53. The van der Waals surface area contributed by atoms with Crippen molar-refractivity contribution >= 4 is 11.6 Å². The minimum Gasteiger partial charge on any atom is -0.483 e. The van der Waals surface area contributed by atoms with Crippen LogP contribution in [0.1, 0.15) is 16.7 Å². The van der Waals surface area contributed by atoms with E-state index >= 15 is 0 Å². The Morgan fingerprint density at radius 2 is 1.70 bits per heavy atom. The summed E-state index contributed by atoms with van der Waals surface area (Å²) in [5.41, 5.74) is 3.83.